The van der Waals surface area contributed by atoms with Gasteiger partial charge in [0.2, 0.25) is 10.0 Å². The Hall–Kier alpha value is -2.66. The molecule has 0 N–H and O–H groups in total. The SMILES string of the molecule is COC(=O)[C@@H]1N(C(=O)OC(C)(C)C)C(C23CC(N(Cc4ccc(Cl)c(Cl)c4)S(=O)(=O)c4ccccc4)(C2)C3)=NC1(C)C. The predicted octanol–water partition coefficient (Wildman–Crippen LogP) is 6.08. The average molecular weight is 637 g/mol. The minimum atomic E-state index is -3.92. The molecule has 4 aliphatic rings. The van der Waals surface area contributed by atoms with Crippen molar-refractivity contribution in [3.63, 3.8) is 0 Å². The molecule has 1 aliphatic heterocycles. The normalized spacial score (nSPS) is 26.3. The summed E-state index contributed by atoms with van der Waals surface area (Å²) < 4.78 is 40.5. The van der Waals surface area contributed by atoms with Crippen LogP contribution in [0, 0.1) is 5.41 Å². The lowest BCUT2D eigenvalue weighted by Gasteiger charge is -2.73. The highest BCUT2D eigenvalue weighted by atomic mass is 35.5. The van der Waals surface area contributed by atoms with Crippen molar-refractivity contribution in [2.75, 3.05) is 7.11 Å². The number of hydrogen-bond acceptors (Lipinski definition) is 7. The third kappa shape index (κ3) is 5.10. The van der Waals surface area contributed by atoms with E-state index in [1.54, 1.807) is 83.1 Å². The van der Waals surface area contributed by atoms with Gasteiger partial charge in [0.15, 0.2) is 6.04 Å². The molecule has 0 unspecified atom stereocenters. The number of benzene rings is 2. The Kier molecular flexibility index (Phi) is 7.49. The summed E-state index contributed by atoms with van der Waals surface area (Å²) in [6, 6.07) is 12.4. The van der Waals surface area contributed by atoms with Crippen LogP contribution in [0.1, 0.15) is 59.4 Å². The second kappa shape index (κ2) is 10.2. The number of amidine groups is 1. The molecule has 3 fully saturated rings. The molecular formula is C30H35Cl2N3O6S. The number of aliphatic imine (C=N–C) groups is 1. The number of amides is 1. The molecule has 9 nitrogen and oxygen atoms in total. The predicted molar refractivity (Wildman–Crippen MR) is 160 cm³/mol. The number of methoxy groups -OCH3 is 1. The minimum absolute atomic E-state index is 0.0860. The first-order valence-electron chi connectivity index (χ1n) is 13.7. The number of esters is 1. The molecule has 0 saturated heterocycles. The highest BCUT2D eigenvalue weighted by Gasteiger charge is 2.76. The first-order valence-corrected chi connectivity index (χ1v) is 15.9. The van der Waals surface area contributed by atoms with E-state index in [-0.39, 0.29) is 11.4 Å². The molecule has 1 atom stereocenters. The third-order valence-electron chi connectivity index (χ3n) is 8.21. The van der Waals surface area contributed by atoms with Gasteiger partial charge < -0.3 is 9.47 Å². The maximum Gasteiger partial charge on any atom is 0.416 e. The number of halogens is 2. The molecule has 226 valence electrons. The smallest absolute Gasteiger partial charge is 0.416 e. The van der Waals surface area contributed by atoms with E-state index >= 15 is 0 Å². The zero-order valence-corrected chi connectivity index (χ0v) is 26.8. The topological polar surface area (TPSA) is 106 Å². The van der Waals surface area contributed by atoms with E-state index in [0.717, 1.165) is 0 Å². The Balaban J connectivity index is 1.50. The van der Waals surface area contributed by atoms with E-state index in [2.05, 4.69) is 0 Å². The molecule has 1 amide bonds. The van der Waals surface area contributed by atoms with Gasteiger partial charge in [-0.25, -0.2) is 22.9 Å². The Morgan fingerprint density at radius 2 is 1.67 bits per heavy atom. The van der Waals surface area contributed by atoms with Crippen LogP contribution in [0.15, 0.2) is 58.4 Å². The summed E-state index contributed by atoms with van der Waals surface area (Å²) in [5, 5.41) is 0.719. The summed E-state index contributed by atoms with van der Waals surface area (Å²) in [6.45, 7) is 8.89. The molecule has 3 saturated carbocycles. The van der Waals surface area contributed by atoms with Crippen molar-refractivity contribution in [2.45, 2.75) is 88.0 Å². The molecule has 0 spiro atoms. The van der Waals surface area contributed by atoms with Gasteiger partial charge in [-0.2, -0.15) is 4.31 Å². The molecule has 42 heavy (non-hydrogen) atoms. The fraction of sp³-hybridized carbons (Fsp3) is 0.500. The Morgan fingerprint density at radius 3 is 2.21 bits per heavy atom. The largest absolute Gasteiger partial charge is 0.467 e. The van der Waals surface area contributed by atoms with Crippen LogP contribution in [0.2, 0.25) is 10.0 Å². The Labute approximate surface area is 256 Å². The summed E-state index contributed by atoms with van der Waals surface area (Å²) in [5.41, 5.74) is -2.40. The van der Waals surface area contributed by atoms with Crippen molar-refractivity contribution in [3.8, 4) is 0 Å². The highest BCUT2D eigenvalue weighted by Crippen LogP contribution is 2.72. The van der Waals surface area contributed by atoms with E-state index in [1.165, 1.54) is 16.3 Å². The second-order valence-electron chi connectivity index (χ2n) is 13.0. The van der Waals surface area contributed by atoms with Gasteiger partial charge in [0.05, 0.1) is 27.6 Å². The van der Waals surface area contributed by atoms with Gasteiger partial charge >= 0.3 is 12.1 Å². The molecule has 3 aliphatic carbocycles. The van der Waals surface area contributed by atoms with Crippen molar-refractivity contribution < 1.29 is 27.5 Å². The quantitative estimate of drug-likeness (QED) is 0.342. The van der Waals surface area contributed by atoms with Gasteiger partial charge in [-0.15, -0.1) is 0 Å². The van der Waals surface area contributed by atoms with Gasteiger partial charge in [-0.1, -0.05) is 47.5 Å². The van der Waals surface area contributed by atoms with E-state index in [1.807, 2.05) is 0 Å². The van der Waals surface area contributed by atoms with Crippen LogP contribution in [0.4, 0.5) is 4.79 Å². The van der Waals surface area contributed by atoms with Crippen LogP contribution in [-0.4, -0.2) is 65.4 Å². The average Bonchev–Trinajstić information content (AvgIpc) is 3.14. The lowest BCUT2D eigenvalue weighted by molar-refractivity contribution is -0.156. The Morgan fingerprint density at radius 1 is 1.05 bits per heavy atom. The molecule has 2 bridgehead atoms. The van der Waals surface area contributed by atoms with Crippen molar-refractivity contribution in [1.82, 2.24) is 9.21 Å². The second-order valence-corrected chi connectivity index (χ2v) is 15.7. The van der Waals surface area contributed by atoms with Crippen molar-refractivity contribution in [2.24, 2.45) is 10.4 Å². The molecular weight excluding hydrogens is 601 g/mol. The number of hydrogen-bond donors (Lipinski definition) is 0. The fourth-order valence-electron chi connectivity index (χ4n) is 6.48. The summed E-state index contributed by atoms with van der Waals surface area (Å²) in [6.07, 6.45) is 0.589. The van der Waals surface area contributed by atoms with Gasteiger partial charge in [0.25, 0.3) is 0 Å². The lowest BCUT2D eigenvalue weighted by atomic mass is 9.38. The molecule has 12 heteroatoms. The maximum atomic E-state index is 14.1. The van der Waals surface area contributed by atoms with E-state index in [4.69, 9.17) is 37.7 Å². The zero-order chi connectivity index (χ0) is 30.9. The summed E-state index contributed by atoms with van der Waals surface area (Å²) in [7, 11) is -2.65. The summed E-state index contributed by atoms with van der Waals surface area (Å²) in [5.74, 6) is -0.163. The molecule has 0 aromatic heterocycles. The van der Waals surface area contributed by atoms with Gasteiger partial charge in [-0.3, -0.25) is 4.99 Å². The van der Waals surface area contributed by atoms with Crippen LogP contribution in [-0.2, 0) is 30.8 Å². The van der Waals surface area contributed by atoms with Crippen molar-refractivity contribution >= 4 is 51.1 Å². The maximum absolute atomic E-state index is 14.1. The Bertz CT molecular complexity index is 1550. The monoisotopic (exact) mass is 635 g/mol. The number of carbonyl (C=O) groups is 2. The summed E-state index contributed by atoms with van der Waals surface area (Å²) >= 11 is 12.4. The van der Waals surface area contributed by atoms with Gasteiger partial charge in [-0.05, 0) is 83.7 Å². The van der Waals surface area contributed by atoms with Crippen LogP contribution >= 0.6 is 23.2 Å². The van der Waals surface area contributed by atoms with Gasteiger partial charge in [0.1, 0.15) is 11.4 Å². The highest BCUT2D eigenvalue weighted by molar-refractivity contribution is 7.89. The fourth-order valence-corrected chi connectivity index (χ4v) is 8.57. The lowest BCUT2D eigenvalue weighted by Crippen LogP contribution is -2.79. The van der Waals surface area contributed by atoms with Crippen molar-refractivity contribution in [1.29, 1.82) is 0 Å². The number of nitrogens with zero attached hydrogens (tertiary/aromatic N) is 3. The molecule has 6 rings (SSSR count). The van der Waals surface area contributed by atoms with Crippen molar-refractivity contribution in [3.05, 3.63) is 64.1 Å². The minimum Gasteiger partial charge on any atom is -0.467 e. The molecule has 2 aromatic rings. The number of ether oxygens (including phenoxy) is 2. The molecule has 0 radical (unpaired) electrons. The zero-order valence-electron chi connectivity index (χ0n) is 24.5. The van der Waals surface area contributed by atoms with Crippen LogP contribution in [0.5, 0.6) is 0 Å². The molecule has 2 aromatic carbocycles. The summed E-state index contributed by atoms with van der Waals surface area (Å²) in [4.78, 5) is 32.9. The van der Waals surface area contributed by atoms with E-state index < -0.39 is 50.2 Å². The first-order chi connectivity index (χ1) is 19.4. The van der Waals surface area contributed by atoms with E-state index in [0.29, 0.717) is 40.7 Å². The molecule has 1 heterocycles. The van der Waals surface area contributed by atoms with E-state index in [9.17, 15) is 18.0 Å². The first kappa shape index (κ1) is 30.8. The van der Waals surface area contributed by atoms with Crippen LogP contribution < -0.4 is 0 Å². The van der Waals surface area contributed by atoms with Crippen LogP contribution in [0.25, 0.3) is 0 Å². The standard InChI is InChI=1S/C30H35Cl2N3O6S/c1-27(2,3)41-26(37)35-23(24(36)40-6)28(4,5)33-25(35)29-16-30(17-29,18-29)34(15-19-12-13-21(31)22(32)14-19)42(38,39)20-10-8-7-9-11-20/h7-14,23H,15-18H2,1-6H3/t23-,29?,30?/m0/s1. The van der Waals surface area contributed by atoms with Crippen LogP contribution in [0.3, 0.4) is 0 Å². The number of carbonyl (C=O) groups excluding carboxylic acids is 2. The van der Waals surface area contributed by atoms with Gasteiger partial charge in [0, 0.05) is 17.5 Å². The number of sulfonamides is 1. The number of rotatable bonds is 7. The third-order valence-corrected chi connectivity index (χ3v) is 10.9.